The molecule has 4 aromatic rings. The van der Waals surface area contributed by atoms with Crippen LogP contribution >= 0.6 is 23.2 Å². The van der Waals surface area contributed by atoms with E-state index in [0.29, 0.717) is 33.2 Å². The number of carbonyl (C=O) groups is 2. The van der Waals surface area contributed by atoms with E-state index in [0.717, 1.165) is 16.8 Å². The van der Waals surface area contributed by atoms with Gasteiger partial charge in [0, 0.05) is 31.9 Å². The van der Waals surface area contributed by atoms with Crippen LogP contribution in [0, 0.1) is 0 Å². The summed E-state index contributed by atoms with van der Waals surface area (Å²) in [6.45, 7) is 6.15. The number of methoxy groups -OCH3 is 1. The van der Waals surface area contributed by atoms with Gasteiger partial charge in [0.05, 0.1) is 18.4 Å². The third-order valence-corrected chi connectivity index (χ3v) is 8.44. The first-order valence-corrected chi connectivity index (χ1v) is 13.5. The predicted octanol–water partition coefficient (Wildman–Crippen LogP) is 7.21. The molecule has 40 heavy (non-hydrogen) atoms. The van der Waals surface area contributed by atoms with Crippen molar-refractivity contribution >= 4 is 57.1 Å². The molecule has 6 nitrogen and oxygen atoms in total. The summed E-state index contributed by atoms with van der Waals surface area (Å²) in [6.07, 6.45) is 1.83. The van der Waals surface area contributed by atoms with Gasteiger partial charge in [0.2, 0.25) is 0 Å². The Morgan fingerprint density at radius 3 is 2.42 bits per heavy atom. The number of halogens is 2. The number of hydrogen-bond donors (Lipinski definition) is 0. The Balaban J connectivity index is 1.53. The van der Waals surface area contributed by atoms with Crippen molar-refractivity contribution in [2.24, 2.45) is 0 Å². The van der Waals surface area contributed by atoms with Gasteiger partial charge < -0.3 is 14.1 Å². The van der Waals surface area contributed by atoms with Gasteiger partial charge in [0.1, 0.15) is 5.56 Å². The zero-order valence-corrected chi connectivity index (χ0v) is 23.8. The van der Waals surface area contributed by atoms with Crippen LogP contribution < -0.4 is 15.3 Å². The van der Waals surface area contributed by atoms with Gasteiger partial charge in [-0.25, -0.2) is 4.79 Å². The molecule has 3 heterocycles. The van der Waals surface area contributed by atoms with Crippen LogP contribution in [0.2, 0.25) is 10.0 Å². The van der Waals surface area contributed by atoms with E-state index >= 15 is 0 Å². The predicted molar refractivity (Wildman–Crippen MR) is 157 cm³/mol. The van der Waals surface area contributed by atoms with Crippen molar-refractivity contribution in [3.8, 4) is 5.75 Å². The summed E-state index contributed by atoms with van der Waals surface area (Å²) < 4.78 is 10.7. The molecule has 0 aliphatic carbocycles. The van der Waals surface area contributed by atoms with Crippen LogP contribution in [0.4, 0.5) is 5.69 Å². The third-order valence-electron chi connectivity index (χ3n) is 7.97. The molecule has 0 saturated heterocycles. The van der Waals surface area contributed by atoms with Gasteiger partial charge in [-0.15, -0.1) is 0 Å². The summed E-state index contributed by atoms with van der Waals surface area (Å²) >= 11 is 12.8. The molecule has 0 bridgehead atoms. The number of benzene rings is 3. The van der Waals surface area contributed by atoms with E-state index in [2.05, 4.69) is 6.92 Å². The van der Waals surface area contributed by atoms with Gasteiger partial charge >= 0.3 is 5.63 Å². The minimum Gasteiger partial charge on any atom is -0.493 e. The minimum atomic E-state index is -0.812. The smallest absolute Gasteiger partial charge is 0.347 e. The fourth-order valence-electron chi connectivity index (χ4n) is 6.29. The van der Waals surface area contributed by atoms with E-state index in [-0.39, 0.29) is 22.6 Å². The van der Waals surface area contributed by atoms with Crippen LogP contribution in [0.3, 0.4) is 0 Å². The Kier molecular flexibility index (Phi) is 5.98. The number of anilines is 1. The van der Waals surface area contributed by atoms with Crippen LogP contribution in [0.1, 0.15) is 54.2 Å². The lowest BCUT2D eigenvalue weighted by atomic mass is 9.65. The Morgan fingerprint density at radius 1 is 1.00 bits per heavy atom. The fraction of sp³-hybridized carbons (Fsp3) is 0.219. The normalized spacial score (nSPS) is 20.2. The number of carbonyl (C=O) groups excluding carboxylic acids is 2. The molecule has 1 unspecified atom stereocenters. The Hall–Kier alpha value is -3.87. The third kappa shape index (κ3) is 3.89. The van der Waals surface area contributed by atoms with Crippen LogP contribution in [0.15, 0.2) is 76.0 Å². The van der Waals surface area contributed by atoms with E-state index < -0.39 is 22.4 Å². The van der Waals surface area contributed by atoms with Gasteiger partial charge in [0.15, 0.2) is 17.1 Å². The van der Waals surface area contributed by atoms with Crippen LogP contribution in [-0.4, -0.2) is 24.3 Å². The highest BCUT2D eigenvalue weighted by molar-refractivity contribution is 6.38. The zero-order chi connectivity index (χ0) is 28.6. The summed E-state index contributed by atoms with van der Waals surface area (Å²) in [5.74, 6) is -0.565. The topological polar surface area (TPSA) is 76.8 Å². The highest BCUT2D eigenvalue weighted by atomic mass is 35.5. The van der Waals surface area contributed by atoms with E-state index in [1.807, 2.05) is 44.2 Å². The van der Waals surface area contributed by atoms with E-state index in [4.69, 9.17) is 32.4 Å². The molecule has 202 valence electrons. The largest absolute Gasteiger partial charge is 0.493 e. The maximum atomic E-state index is 14.0. The van der Waals surface area contributed by atoms with Gasteiger partial charge in [-0.2, -0.15) is 0 Å². The van der Waals surface area contributed by atoms with Crippen LogP contribution in [0.5, 0.6) is 5.75 Å². The Bertz CT molecular complexity index is 1840. The molecule has 0 spiro atoms. The molecule has 2 aliphatic rings. The average molecular weight is 574 g/mol. The Labute approximate surface area is 240 Å². The number of ether oxygens (including phenoxy) is 1. The van der Waals surface area contributed by atoms with Crippen molar-refractivity contribution < 1.29 is 18.7 Å². The lowest BCUT2D eigenvalue weighted by Gasteiger charge is -2.49. The van der Waals surface area contributed by atoms with Crippen LogP contribution in [0.25, 0.3) is 16.5 Å². The molecule has 0 radical (unpaired) electrons. The van der Waals surface area contributed by atoms with Crippen molar-refractivity contribution in [2.75, 3.05) is 12.0 Å². The first-order chi connectivity index (χ1) is 18.9. The number of ketones is 1. The quantitative estimate of drug-likeness (QED) is 0.146. The first kappa shape index (κ1) is 26.4. The van der Waals surface area contributed by atoms with Crippen molar-refractivity contribution in [1.29, 1.82) is 0 Å². The number of para-hydroxylation sites is 1. The van der Waals surface area contributed by atoms with E-state index in [9.17, 15) is 14.4 Å². The molecule has 1 aromatic heterocycles. The number of amides is 1. The van der Waals surface area contributed by atoms with Crippen molar-refractivity contribution in [3.05, 3.63) is 109 Å². The maximum Gasteiger partial charge on any atom is 0.347 e. The van der Waals surface area contributed by atoms with Gasteiger partial charge in [0.25, 0.3) is 5.91 Å². The molecule has 1 amide bonds. The standard InChI is InChI=1S/C32H25Cl2NO5/c1-31(2)16-32(3,18-8-10-19(33)11-9-18)24-14-20(34)13-21-22(29(37)35(31)27(21)24)15-25(36)23-12-17-6-5-7-26(39-4)28(17)40-30(23)38/h5-15H,16H2,1-4H3. The molecule has 0 N–H and O–H groups in total. The summed E-state index contributed by atoms with van der Waals surface area (Å²) in [5, 5.41) is 1.61. The fourth-order valence-corrected chi connectivity index (χ4v) is 6.64. The highest BCUT2D eigenvalue weighted by Gasteiger charge is 2.52. The average Bonchev–Trinajstić information content (AvgIpc) is 3.18. The minimum absolute atomic E-state index is 0.177. The molecular weight excluding hydrogens is 549 g/mol. The molecule has 0 fully saturated rings. The van der Waals surface area contributed by atoms with Crippen LogP contribution in [-0.2, 0) is 10.2 Å². The SMILES string of the molecule is COc1cccc2cc(C(=O)C=C3C(=O)N4c5c3cc(Cl)cc5C(C)(c3ccc(Cl)cc3)CC4(C)C)c(=O)oc12. The zero-order valence-electron chi connectivity index (χ0n) is 22.3. The summed E-state index contributed by atoms with van der Waals surface area (Å²) in [5.41, 5.74) is 1.56. The summed E-state index contributed by atoms with van der Waals surface area (Å²) in [7, 11) is 1.47. The van der Waals surface area contributed by atoms with Gasteiger partial charge in [-0.3, -0.25) is 9.59 Å². The monoisotopic (exact) mass is 573 g/mol. The number of fused-ring (bicyclic) bond motifs is 1. The molecule has 8 heteroatoms. The molecule has 0 saturated carbocycles. The van der Waals surface area contributed by atoms with Gasteiger partial charge in [-0.1, -0.05) is 54.4 Å². The second kappa shape index (κ2) is 9.08. The molecule has 2 aliphatic heterocycles. The number of allylic oxidation sites excluding steroid dienone is 1. The molecule has 3 aromatic carbocycles. The van der Waals surface area contributed by atoms with Crippen molar-refractivity contribution in [1.82, 2.24) is 0 Å². The molecular formula is C32H25Cl2NO5. The van der Waals surface area contributed by atoms with Crippen molar-refractivity contribution in [3.63, 3.8) is 0 Å². The number of rotatable bonds is 4. The van der Waals surface area contributed by atoms with E-state index in [1.165, 1.54) is 19.3 Å². The van der Waals surface area contributed by atoms with E-state index in [1.54, 1.807) is 29.2 Å². The first-order valence-electron chi connectivity index (χ1n) is 12.8. The lowest BCUT2D eigenvalue weighted by molar-refractivity contribution is -0.114. The van der Waals surface area contributed by atoms with Crippen molar-refractivity contribution in [2.45, 2.75) is 38.1 Å². The molecule has 1 atom stereocenters. The number of hydrogen-bond acceptors (Lipinski definition) is 5. The lowest BCUT2D eigenvalue weighted by Crippen LogP contribution is -2.54. The maximum absolute atomic E-state index is 14.0. The molecule has 6 rings (SSSR count). The van der Waals surface area contributed by atoms with Gasteiger partial charge in [-0.05, 0) is 73.9 Å². The number of nitrogens with zero attached hydrogens (tertiary/aromatic N) is 1. The highest BCUT2D eigenvalue weighted by Crippen LogP contribution is 2.56. The Morgan fingerprint density at radius 2 is 1.73 bits per heavy atom. The summed E-state index contributed by atoms with van der Waals surface area (Å²) in [4.78, 5) is 42.1. The second-order valence-electron chi connectivity index (χ2n) is 11.1. The summed E-state index contributed by atoms with van der Waals surface area (Å²) in [6, 6.07) is 17.9. The second-order valence-corrected chi connectivity index (χ2v) is 11.9.